The highest BCUT2D eigenvalue weighted by atomic mass is 16.5. The van der Waals surface area contributed by atoms with E-state index < -0.39 is 0 Å². The monoisotopic (exact) mass is 424 g/mol. The second-order valence-electron chi connectivity index (χ2n) is 8.81. The first-order valence-corrected chi connectivity index (χ1v) is 11.3. The molecule has 7 heteroatoms. The average Bonchev–Trinajstić information content (AvgIpc) is 3.28. The Kier molecular flexibility index (Phi) is 6.30. The van der Waals surface area contributed by atoms with Crippen molar-refractivity contribution in [3.63, 3.8) is 0 Å². The molecule has 2 fully saturated rings. The number of hydrogen-bond acceptors (Lipinski definition) is 4. The summed E-state index contributed by atoms with van der Waals surface area (Å²) in [4.78, 5) is 30.3. The van der Waals surface area contributed by atoms with Gasteiger partial charge < -0.3 is 14.5 Å². The van der Waals surface area contributed by atoms with Crippen molar-refractivity contribution in [3.8, 4) is 5.75 Å². The molecule has 3 heterocycles. The molecule has 31 heavy (non-hydrogen) atoms. The molecule has 0 aliphatic carbocycles. The number of carbonyl (C=O) groups is 2. The number of aromatic amines is 1. The third kappa shape index (κ3) is 4.18. The Balaban J connectivity index is 1.45. The van der Waals surface area contributed by atoms with Crippen LogP contribution in [0.5, 0.6) is 5.75 Å². The highest BCUT2D eigenvalue weighted by Crippen LogP contribution is 2.32. The number of methoxy groups -OCH3 is 1. The number of amides is 2. The zero-order valence-electron chi connectivity index (χ0n) is 18.6. The van der Waals surface area contributed by atoms with E-state index in [1.54, 1.807) is 19.4 Å². The highest BCUT2D eigenvalue weighted by molar-refractivity contribution is 5.97. The fourth-order valence-electron chi connectivity index (χ4n) is 5.10. The Morgan fingerprint density at radius 3 is 2.35 bits per heavy atom. The van der Waals surface area contributed by atoms with E-state index >= 15 is 0 Å². The van der Waals surface area contributed by atoms with Crippen LogP contribution >= 0.6 is 0 Å². The summed E-state index contributed by atoms with van der Waals surface area (Å²) in [6.07, 6.45) is 6.55. The van der Waals surface area contributed by atoms with Crippen LogP contribution in [-0.2, 0) is 0 Å². The maximum absolute atomic E-state index is 13.4. The van der Waals surface area contributed by atoms with Gasteiger partial charge in [-0.25, -0.2) is 0 Å². The fraction of sp³-hybridized carbons (Fsp3) is 0.542. The number of aromatic nitrogens is 2. The third-order valence-electron chi connectivity index (χ3n) is 6.86. The van der Waals surface area contributed by atoms with Gasteiger partial charge in [0.05, 0.1) is 30.1 Å². The number of para-hydroxylation sites is 1. The number of benzene rings is 1. The topological polar surface area (TPSA) is 78.5 Å². The number of piperidine rings is 2. The summed E-state index contributed by atoms with van der Waals surface area (Å²) in [5, 5.41) is 7.32. The van der Waals surface area contributed by atoms with Gasteiger partial charge >= 0.3 is 0 Å². The lowest BCUT2D eigenvalue weighted by Crippen LogP contribution is -2.47. The number of nitrogens with one attached hydrogen (secondary N) is 1. The lowest BCUT2D eigenvalue weighted by molar-refractivity contribution is 0.0507. The first kappa shape index (κ1) is 21.4. The van der Waals surface area contributed by atoms with Crippen molar-refractivity contribution in [2.75, 3.05) is 20.2 Å². The van der Waals surface area contributed by atoms with Crippen LogP contribution in [0.3, 0.4) is 0 Å². The summed E-state index contributed by atoms with van der Waals surface area (Å²) in [6, 6.07) is 7.83. The molecular formula is C24H32N4O3. The maximum atomic E-state index is 13.4. The van der Waals surface area contributed by atoms with Gasteiger partial charge in [-0.3, -0.25) is 14.7 Å². The quantitative estimate of drug-likeness (QED) is 0.809. The molecule has 7 nitrogen and oxygen atoms in total. The fourth-order valence-corrected chi connectivity index (χ4v) is 5.10. The summed E-state index contributed by atoms with van der Waals surface area (Å²) in [5.74, 6) is 0.864. The molecule has 0 radical (unpaired) electrons. The zero-order chi connectivity index (χ0) is 22.0. The van der Waals surface area contributed by atoms with E-state index in [1.807, 2.05) is 28.0 Å². The van der Waals surface area contributed by atoms with Crippen LogP contribution in [0.15, 0.2) is 30.5 Å². The van der Waals surface area contributed by atoms with Gasteiger partial charge in [0, 0.05) is 31.1 Å². The average molecular weight is 425 g/mol. The van der Waals surface area contributed by atoms with Crippen molar-refractivity contribution in [1.82, 2.24) is 20.0 Å². The predicted octanol–water partition coefficient (Wildman–Crippen LogP) is 3.84. The van der Waals surface area contributed by atoms with E-state index in [4.69, 9.17) is 4.74 Å². The van der Waals surface area contributed by atoms with Gasteiger partial charge in [0.2, 0.25) is 0 Å². The smallest absolute Gasteiger partial charge is 0.257 e. The molecule has 0 bridgehead atoms. The standard InChI is InChI=1S/C24H32N4O3/c1-16-7-6-8-17(2)28(16)24(30)20-15-25-26-22(20)18-11-13-27(14-12-18)23(29)19-9-4-5-10-21(19)31-3/h4-5,9-10,15-18H,6-8,11-14H2,1-3H3,(H,25,26)/t16-,17-/m1/s1. The van der Waals surface area contributed by atoms with Crippen LogP contribution in [0.4, 0.5) is 0 Å². The van der Waals surface area contributed by atoms with Crippen molar-refractivity contribution in [2.24, 2.45) is 0 Å². The van der Waals surface area contributed by atoms with Gasteiger partial charge in [0.25, 0.3) is 11.8 Å². The van der Waals surface area contributed by atoms with E-state index in [1.165, 1.54) is 6.42 Å². The molecule has 166 valence electrons. The molecular weight excluding hydrogens is 392 g/mol. The molecule has 1 aromatic heterocycles. The Labute approximate surface area is 183 Å². The van der Waals surface area contributed by atoms with E-state index in [0.717, 1.165) is 31.4 Å². The Bertz CT molecular complexity index is 922. The Hall–Kier alpha value is -2.83. The van der Waals surface area contributed by atoms with Gasteiger partial charge in [0.15, 0.2) is 0 Å². The summed E-state index contributed by atoms with van der Waals surface area (Å²) in [7, 11) is 1.58. The van der Waals surface area contributed by atoms with Crippen molar-refractivity contribution in [2.45, 2.75) is 64.0 Å². The SMILES string of the molecule is COc1ccccc1C(=O)N1CCC(c2[nH]ncc2C(=O)N2[C@H](C)CCC[C@H]2C)CC1. The molecule has 1 N–H and O–H groups in total. The van der Waals surface area contributed by atoms with Crippen LogP contribution in [0.25, 0.3) is 0 Å². The number of H-pyrrole nitrogens is 1. The van der Waals surface area contributed by atoms with E-state index in [2.05, 4.69) is 24.0 Å². The molecule has 2 aromatic rings. The molecule has 0 saturated carbocycles. The summed E-state index contributed by atoms with van der Waals surface area (Å²) in [5.41, 5.74) is 2.20. The van der Waals surface area contributed by atoms with Gasteiger partial charge in [-0.2, -0.15) is 5.10 Å². The van der Waals surface area contributed by atoms with Gasteiger partial charge in [-0.1, -0.05) is 12.1 Å². The minimum Gasteiger partial charge on any atom is -0.496 e. The van der Waals surface area contributed by atoms with Crippen molar-refractivity contribution >= 4 is 11.8 Å². The minimum absolute atomic E-state index is 0.00669. The summed E-state index contributed by atoms with van der Waals surface area (Å²) in [6.45, 7) is 5.56. The van der Waals surface area contributed by atoms with Crippen LogP contribution in [0.2, 0.25) is 0 Å². The van der Waals surface area contributed by atoms with Gasteiger partial charge in [-0.05, 0) is 58.1 Å². The van der Waals surface area contributed by atoms with E-state index in [9.17, 15) is 9.59 Å². The Morgan fingerprint density at radius 2 is 1.68 bits per heavy atom. The largest absolute Gasteiger partial charge is 0.496 e. The molecule has 2 saturated heterocycles. The zero-order valence-corrected chi connectivity index (χ0v) is 18.6. The number of hydrogen-bond donors (Lipinski definition) is 1. The first-order chi connectivity index (χ1) is 15.0. The second-order valence-corrected chi connectivity index (χ2v) is 8.81. The molecule has 0 unspecified atom stereocenters. The normalized spacial score (nSPS) is 22.4. The van der Waals surface area contributed by atoms with Crippen LogP contribution in [0.1, 0.15) is 78.3 Å². The lowest BCUT2D eigenvalue weighted by atomic mass is 9.89. The first-order valence-electron chi connectivity index (χ1n) is 11.3. The van der Waals surface area contributed by atoms with E-state index in [0.29, 0.717) is 30.0 Å². The maximum Gasteiger partial charge on any atom is 0.257 e. The number of carbonyl (C=O) groups excluding carboxylic acids is 2. The predicted molar refractivity (Wildman–Crippen MR) is 118 cm³/mol. The van der Waals surface area contributed by atoms with Crippen LogP contribution in [0, 0.1) is 0 Å². The van der Waals surface area contributed by atoms with Crippen LogP contribution in [-0.4, -0.2) is 64.1 Å². The second kappa shape index (κ2) is 9.12. The molecule has 2 atom stereocenters. The summed E-state index contributed by atoms with van der Waals surface area (Å²) < 4.78 is 5.35. The van der Waals surface area contributed by atoms with Crippen molar-refractivity contribution in [1.29, 1.82) is 0 Å². The van der Waals surface area contributed by atoms with E-state index in [-0.39, 0.29) is 29.8 Å². The number of ether oxygens (including phenoxy) is 1. The van der Waals surface area contributed by atoms with Gasteiger partial charge in [0.1, 0.15) is 5.75 Å². The minimum atomic E-state index is -0.00669. The molecule has 4 rings (SSSR count). The number of likely N-dealkylation sites (tertiary alicyclic amines) is 2. The molecule has 0 spiro atoms. The van der Waals surface area contributed by atoms with Crippen molar-refractivity contribution in [3.05, 3.63) is 47.3 Å². The van der Waals surface area contributed by atoms with Crippen molar-refractivity contribution < 1.29 is 14.3 Å². The lowest BCUT2D eigenvalue weighted by Gasteiger charge is -2.39. The summed E-state index contributed by atoms with van der Waals surface area (Å²) >= 11 is 0. The van der Waals surface area contributed by atoms with Crippen LogP contribution < -0.4 is 4.74 Å². The van der Waals surface area contributed by atoms with Gasteiger partial charge in [-0.15, -0.1) is 0 Å². The number of rotatable bonds is 4. The highest BCUT2D eigenvalue weighted by Gasteiger charge is 2.34. The Morgan fingerprint density at radius 1 is 1.00 bits per heavy atom. The molecule has 1 aromatic carbocycles. The molecule has 2 amide bonds. The third-order valence-corrected chi connectivity index (χ3v) is 6.86. The number of nitrogens with zero attached hydrogens (tertiary/aromatic N) is 3. The molecule has 2 aliphatic heterocycles. The molecule has 2 aliphatic rings.